The first-order chi connectivity index (χ1) is 7.34. The number of nitrogens with zero attached hydrogens (tertiary/aromatic N) is 5. The van der Waals surface area contributed by atoms with Crippen LogP contribution >= 0.6 is 11.5 Å². The van der Waals surface area contributed by atoms with E-state index < -0.39 is 0 Å². The van der Waals surface area contributed by atoms with Crippen molar-refractivity contribution in [1.29, 1.82) is 0 Å². The molecule has 1 N–H and O–H groups in total. The molecule has 2 heterocycles. The maximum absolute atomic E-state index is 4.21. The molecule has 0 atom stereocenters. The molecule has 0 aliphatic carbocycles. The van der Waals surface area contributed by atoms with E-state index in [1.165, 1.54) is 11.5 Å². The molecule has 15 heavy (non-hydrogen) atoms. The van der Waals surface area contributed by atoms with Crippen LogP contribution in [0.2, 0.25) is 0 Å². The van der Waals surface area contributed by atoms with Gasteiger partial charge in [0.2, 0.25) is 5.13 Å². The molecular formula is C8H12N6S. The Balaban J connectivity index is 1.67. The summed E-state index contributed by atoms with van der Waals surface area (Å²) in [6.07, 6.45) is 4.53. The van der Waals surface area contributed by atoms with Crippen LogP contribution in [0.3, 0.4) is 0 Å². The Kier molecular flexibility index (Phi) is 3.23. The van der Waals surface area contributed by atoms with Crippen LogP contribution < -0.4 is 5.32 Å². The van der Waals surface area contributed by atoms with E-state index in [4.69, 9.17) is 0 Å². The highest BCUT2D eigenvalue weighted by Gasteiger charge is 1.98. The average Bonchev–Trinajstić information content (AvgIpc) is 2.84. The normalized spacial score (nSPS) is 10.5. The van der Waals surface area contributed by atoms with Crippen LogP contribution in [0.4, 0.5) is 5.13 Å². The van der Waals surface area contributed by atoms with Crippen LogP contribution in [-0.4, -0.2) is 30.9 Å². The fourth-order valence-corrected chi connectivity index (χ4v) is 1.76. The van der Waals surface area contributed by atoms with Crippen molar-refractivity contribution in [3.05, 3.63) is 18.2 Å². The van der Waals surface area contributed by atoms with Gasteiger partial charge in [-0.05, 0) is 13.3 Å². The van der Waals surface area contributed by atoms with Crippen LogP contribution in [0, 0.1) is 6.92 Å². The molecule has 0 aliphatic heterocycles. The quantitative estimate of drug-likeness (QED) is 0.765. The van der Waals surface area contributed by atoms with Gasteiger partial charge in [0.15, 0.2) is 0 Å². The van der Waals surface area contributed by atoms with Crippen LogP contribution in [0.25, 0.3) is 0 Å². The second-order valence-electron chi connectivity index (χ2n) is 3.09. The first-order valence-corrected chi connectivity index (χ1v) is 5.50. The predicted molar refractivity (Wildman–Crippen MR) is 57.8 cm³/mol. The van der Waals surface area contributed by atoms with Crippen molar-refractivity contribution in [3.8, 4) is 0 Å². The fraction of sp³-hybridized carbons (Fsp3) is 0.500. The average molecular weight is 224 g/mol. The molecule has 0 radical (unpaired) electrons. The van der Waals surface area contributed by atoms with E-state index in [9.17, 15) is 0 Å². The minimum Gasteiger partial charge on any atom is -0.360 e. The molecule has 2 aromatic heterocycles. The fourth-order valence-electron chi connectivity index (χ4n) is 1.16. The van der Waals surface area contributed by atoms with Crippen molar-refractivity contribution in [1.82, 2.24) is 24.4 Å². The van der Waals surface area contributed by atoms with Crippen LogP contribution in [0.1, 0.15) is 12.2 Å². The number of aromatic nitrogens is 5. The highest BCUT2D eigenvalue weighted by atomic mass is 32.1. The third-order valence-corrected chi connectivity index (χ3v) is 2.60. The Bertz CT molecular complexity index is 395. The Labute approximate surface area is 91.5 Å². The molecule has 7 heteroatoms. The van der Waals surface area contributed by atoms with Gasteiger partial charge in [0.1, 0.15) is 5.82 Å². The lowest BCUT2D eigenvalue weighted by atomic mass is 10.4. The molecule has 0 unspecified atom stereocenters. The van der Waals surface area contributed by atoms with Crippen molar-refractivity contribution in [2.24, 2.45) is 0 Å². The second-order valence-corrected chi connectivity index (χ2v) is 3.85. The van der Waals surface area contributed by atoms with Gasteiger partial charge in [-0.1, -0.05) is 5.21 Å². The van der Waals surface area contributed by atoms with E-state index >= 15 is 0 Å². The molecule has 0 saturated carbocycles. The van der Waals surface area contributed by atoms with Gasteiger partial charge in [-0.3, -0.25) is 4.68 Å². The summed E-state index contributed by atoms with van der Waals surface area (Å²) in [5.74, 6) is 0.818. The monoisotopic (exact) mass is 224 g/mol. The van der Waals surface area contributed by atoms with Crippen LogP contribution in [-0.2, 0) is 6.54 Å². The molecule has 2 aromatic rings. The number of anilines is 1. The summed E-state index contributed by atoms with van der Waals surface area (Å²) < 4.78 is 5.90. The molecule has 0 aromatic carbocycles. The van der Waals surface area contributed by atoms with E-state index in [0.29, 0.717) is 0 Å². The van der Waals surface area contributed by atoms with E-state index in [1.54, 1.807) is 6.20 Å². The minimum atomic E-state index is 0.818. The maximum Gasteiger partial charge on any atom is 0.202 e. The molecule has 0 spiro atoms. The summed E-state index contributed by atoms with van der Waals surface area (Å²) >= 11 is 1.39. The van der Waals surface area contributed by atoms with E-state index in [-0.39, 0.29) is 0 Å². The Morgan fingerprint density at radius 3 is 3.13 bits per heavy atom. The number of nitrogens with one attached hydrogen (secondary N) is 1. The van der Waals surface area contributed by atoms with Crippen LogP contribution in [0.15, 0.2) is 12.4 Å². The summed E-state index contributed by atoms with van der Waals surface area (Å²) in [7, 11) is 0. The Morgan fingerprint density at radius 2 is 2.47 bits per heavy atom. The lowest BCUT2D eigenvalue weighted by Crippen LogP contribution is -2.07. The largest absolute Gasteiger partial charge is 0.360 e. The second kappa shape index (κ2) is 4.83. The number of aryl methyl sites for hydroxylation is 2. The molecule has 0 fully saturated rings. The van der Waals surface area contributed by atoms with Crippen molar-refractivity contribution in [2.75, 3.05) is 11.9 Å². The highest BCUT2D eigenvalue weighted by molar-refractivity contribution is 7.09. The molecule has 0 aliphatic rings. The SMILES string of the molecule is Cc1nsc(NCCCn2ccnn2)n1. The van der Waals surface area contributed by atoms with Crippen molar-refractivity contribution < 1.29 is 0 Å². The number of hydrogen-bond acceptors (Lipinski definition) is 6. The topological polar surface area (TPSA) is 68.5 Å². The van der Waals surface area contributed by atoms with Gasteiger partial charge in [0.25, 0.3) is 0 Å². The smallest absolute Gasteiger partial charge is 0.202 e. The van der Waals surface area contributed by atoms with E-state index in [0.717, 1.165) is 30.5 Å². The van der Waals surface area contributed by atoms with Crippen molar-refractivity contribution in [2.45, 2.75) is 19.9 Å². The van der Waals surface area contributed by atoms with Gasteiger partial charge in [0.05, 0.1) is 6.20 Å². The zero-order valence-electron chi connectivity index (χ0n) is 8.42. The summed E-state index contributed by atoms with van der Waals surface area (Å²) in [6.45, 7) is 3.62. The van der Waals surface area contributed by atoms with Gasteiger partial charge in [-0.15, -0.1) is 5.10 Å². The predicted octanol–water partition coefficient (Wildman–Crippen LogP) is 0.940. The van der Waals surface area contributed by atoms with E-state index in [2.05, 4.69) is 25.0 Å². The molecule has 2 rings (SSSR count). The molecule has 0 saturated heterocycles. The van der Waals surface area contributed by atoms with Gasteiger partial charge >= 0.3 is 0 Å². The minimum absolute atomic E-state index is 0.818. The van der Waals surface area contributed by atoms with Gasteiger partial charge in [-0.25, -0.2) is 4.98 Å². The first-order valence-electron chi connectivity index (χ1n) is 4.73. The Hall–Kier alpha value is -1.50. The van der Waals surface area contributed by atoms with Crippen molar-refractivity contribution >= 4 is 16.7 Å². The van der Waals surface area contributed by atoms with Crippen molar-refractivity contribution in [3.63, 3.8) is 0 Å². The summed E-state index contributed by atoms with van der Waals surface area (Å²) in [6, 6.07) is 0. The first kappa shape index (κ1) is 10.0. The lowest BCUT2D eigenvalue weighted by molar-refractivity contribution is 0.570. The van der Waals surface area contributed by atoms with Crippen LogP contribution in [0.5, 0.6) is 0 Å². The van der Waals surface area contributed by atoms with E-state index in [1.807, 2.05) is 17.8 Å². The number of hydrogen-bond donors (Lipinski definition) is 1. The molecule has 0 bridgehead atoms. The zero-order valence-corrected chi connectivity index (χ0v) is 9.24. The molecule has 80 valence electrons. The standard InChI is InChI=1S/C8H12N6S/c1-7-11-8(15-12-7)9-3-2-5-14-6-4-10-13-14/h4,6H,2-3,5H2,1H3,(H,9,11,12). The van der Waals surface area contributed by atoms with Gasteiger partial charge in [-0.2, -0.15) is 4.37 Å². The molecular weight excluding hydrogens is 212 g/mol. The molecule has 0 amide bonds. The molecule has 6 nitrogen and oxygen atoms in total. The van der Waals surface area contributed by atoms with Gasteiger partial charge < -0.3 is 5.32 Å². The summed E-state index contributed by atoms with van der Waals surface area (Å²) in [5, 5.41) is 11.7. The highest BCUT2D eigenvalue weighted by Crippen LogP contribution is 2.09. The lowest BCUT2D eigenvalue weighted by Gasteiger charge is -2.01. The number of rotatable bonds is 5. The third-order valence-electron chi connectivity index (χ3n) is 1.84. The third kappa shape index (κ3) is 2.98. The maximum atomic E-state index is 4.21. The Morgan fingerprint density at radius 1 is 1.53 bits per heavy atom. The summed E-state index contributed by atoms with van der Waals surface area (Å²) in [4.78, 5) is 4.21. The summed E-state index contributed by atoms with van der Waals surface area (Å²) in [5.41, 5.74) is 0. The zero-order chi connectivity index (χ0) is 10.5. The van der Waals surface area contributed by atoms with Gasteiger partial charge in [0, 0.05) is 30.8 Å².